The van der Waals surface area contributed by atoms with Gasteiger partial charge in [0.1, 0.15) is 0 Å². The summed E-state index contributed by atoms with van der Waals surface area (Å²) in [6.45, 7) is 0. The third-order valence-electron chi connectivity index (χ3n) is 3.19. The summed E-state index contributed by atoms with van der Waals surface area (Å²) in [5, 5.41) is 11.0. The Labute approximate surface area is 163 Å². The highest BCUT2D eigenvalue weighted by Gasteiger charge is 2.44. The number of Topliss-reactive ketones (excluding diaryl/α,β-unsaturated/α-hetero) is 3. The van der Waals surface area contributed by atoms with Crippen LogP contribution in [0.25, 0.3) is 0 Å². The Morgan fingerprint density at radius 2 is 0.625 bits per heavy atom. The summed E-state index contributed by atoms with van der Waals surface area (Å²) in [7, 11) is 0. The Hall–Kier alpha value is -0.450. The van der Waals surface area contributed by atoms with Crippen molar-refractivity contribution in [1.82, 2.24) is 0 Å². The van der Waals surface area contributed by atoms with E-state index >= 15 is 0 Å². The van der Waals surface area contributed by atoms with Crippen LogP contribution in [0.5, 0.6) is 0 Å². The van der Waals surface area contributed by atoms with Crippen LogP contribution in [-0.2, 0) is 14.4 Å². The summed E-state index contributed by atoms with van der Waals surface area (Å²) in [6.07, 6.45) is 0. The first kappa shape index (κ1) is 17.0. The monoisotopic (exact) mass is 426 g/mol. The molecule has 4 rings (SSSR count). The van der Waals surface area contributed by atoms with Crippen LogP contribution >= 0.6 is 70.6 Å². The predicted octanol–water partition coefficient (Wildman–Crippen LogP) is 5.20. The lowest BCUT2D eigenvalue weighted by Gasteiger charge is -2.21. The maximum atomic E-state index is 13.0. The first-order valence-electron chi connectivity index (χ1n) is 6.50. The van der Waals surface area contributed by atoms with Crippen LogP contribution in [-0.4, -0.2) is 17.3 Å². The zero-order valence-electron chi connectivity index (χ0n) is 11.6. The molecule has 0 unspecified atom stereocenters. The number of carbonyl (C=O) groups excluding carboxylic acids is 3. The second-order valence-electron chi connectivity index (χ2n) is 4.50. The second-order valence-corrected chi connectivity index (χ2v) is 10.8. The lowest BCUT2D eigenvalue weighted by molar-refractivity contribution is -0.124. The van der Waals surface area contributed by atoms with Gasteiger partial charge in [-0.3, -0.25) is 14.4 Å². The summed E-state index contributed by atoms with van der Waals surface area (Å²) in [6, 6.07) is 0. The van der Waals surface area contributed by atoms with Gasteiger partial charge in [0, 0.05) is 0 Å². The maximum absolute atomic E-state index is 13.0. The average Bonchev–Trinajstić information content (AvgIpc) is 3.31. The van der Waals surface area contributed by atoms with Crippen LogP contribution in [0.3, 0.4) is 0 Å². The molecule has 0 atom stereocenters. The summed E-state index contributed by atoms with van der Waals surface area (Å²) >= 11 is 8.11. The van der Waals surface area contributed by atoms with E-state index in [0.717, 1.165) is 0 Å². The molecule has 0 saturated heterocycles. The van der Waals surface area contributed by atoms with E-state index < -0.39 is 17.3 Å². The van der Waals surface area contributed by atoms with Crippen LogP contribution in [0.2, 0.25) is 0 Å². The van der Waals surface area contributed by atoms with Gasteiger partial charge < -0.3 is 0 Å². The van der Waals surface area contributed by atoms with Gasteiger partial charge in [-0.1, -0.05) is 70.6 Å². The third kappa shape index (κ3) is 2.85. The number of rotatable bonds is 0. The molecule has 3 heterocycles. The van der Waals surface area contributed by atoms with Gasteiger partial charge >= 0.3 is 0 Å². The van der Waals surface area contributed by atoms with Gasteiger partial charge in [-0.25, -0.2) is 0 Å². The van der Waals surface area contributed by atoms with Crippen LogP contribution in [0, 0.1) is 0 Å². The third-order valence-corrected chi connectivity index (χ3v) is 9.58. The van der Waals surface area contributed by atoms with E-state index in [1.54, 1.807) is 0 Å². The molecule has 0 aromatic heterocycles. The number of thioether (sulfide) groups is 6. The molecule has 0 aromatic carbocycles. The van der Waals surface area contributed by atoms with Crippen LogP contribution in [0.1, 0.15) is 0 Å². The molecule has 9 heteroatoms. The molecule has 0 spiro atoms. The largest absolute Gasteiger partial charge is 0.288 e. The summed E-state index contributed by atoms with van der Waals surface area (Å²) in [5.41, 5.74) is 0.377. The summed E-state index contributed by atoms with van der Waals surface area (Å²) < 4.78 is 1.95. The molecule has 0 bridgehead atoms. The molecule has 3 aliphatic heterocycles. The standard InChI is InChI=1S/C15H6O3S6/c16-10-7(13-19-1-2-20-13)11(17)9(15-23-5-6-24-15)12(18)8(10)14-21-3-4-22-14/h1-6H. The minimum Gasteiger partial charge on any atom is -0.288 e. The van der Waals surface area contributed by atoms with Gasteiger partial charge in [-0.2, -0.15) is 0 Å². The number of carbonyl (C=O) groups is 3. The molecule has 0 aromatic rings. The van der Waals surface area contributed by atoms with E-state index in [1.807, 2.05) is 32.4 Å². The lowest BCUT2D eigenvalue weighted by atomic mass is 9.85. The lowest BCUT2D eigenvalue weighted by Crippen LogP contribution is -2.33. The van der Waals surface area contributed by atoms with Crippen molar-refractivity contribution in [2.24, 2.45) is 0 Å². The van der Waals surface area contributed by atoms with Crippen molar-refractivity contribution in [3.63, 3.8) is 0 Å². The highest BCUT2D eigenvalue weighted by molar-refractivity contribution is 8.28. The Kier molecular flexibility index (Phi) is 4.99. The molecule has 1 fully saturated rings. The molecule has 1 saturated carbocycles. The van der Waals surface area contributed by atoms with Gasteiger partial charge in [0.25, 0.3) is 0 Å². The number of hydrogen-bond donors (Lipinski definition) is 0. The molecule has 1 aliphatic carbocycles. The van der Waals surface area contributed by atoms with Gasteiger partial charge in [0.15, 0.2) is 0 Å². The molecule has 3 nitrogen and oxygen atoms in total. The van der Waals surface area contributed by atoms with Crippen molar-refractivity contribution in [1.29, 1.82) is 0 Å². The molecule has 4 aliphatic rings. The van der Waals surface area contributed by atoms with Crippen molar-refractivity contribution >= 4 is 87.9 Å². The van der Waals surface area contributed by atoms with Crippen LogP contribution in [0.15, 0.2) is 61.9 Å². The Morgan fingerprint density at radius 1 is 0.417 bits per heavy atom. The fraction of sp³-hybridized carbons (Fsp3) is 0. The number of allylic oxidation sites excluding steroid dienone is 3. The first-order valence-corrected chi connectivity index (χ1v) is 11.8. The number of ketones is 3. The maximum Gasteiger partial charge on any atom is 0.204 e. The van der Waals surface area contributed by atoms with Gasteiger partial charge in [-0.15, -0.1) is 0 Å². The van der Waals surface area contributed by atoms with E-state index in [1.165, 1.54) is 70.6 Å². The Bertz CT molecular complexity index is 704. The van der Waals surface area contributed by atoms with E-state index in [9.17, 15) is 14.4 Å². The Morgan fingerprint density at radius 3 is 0.833 bits per heavy atom. The van der Waals surface area contributed by atoms with Crippen molar-refractivity contribution < 1.29 is 14.4 Å². The SMILES string of the molecule is O=C1C(=C2SC=CS2)C(=O)C(=C2SC=CS2)C(=O)C1=C1SC=CS1. The fourth-order valence-corrected chi connectivity index (χ4v) is 7.78. The van der Waals surface area contributed by atoms with E-state index in [2.05, 4.69) is 0 Å². The van der Waals surface area contributed by atoms with Gasteiger partial charge in [-0.05, 0) is 32.4 Å². The highest BCUT2D eigenvalue weighted by Crippen LogP contribution is 2.49. The molecular formula is C15H6O3S6. The fourth-order valence-electron chi connectivity index (χ4n) is 2.21. The van der Waals surface area contributed by atoms with E-state index in [0.29, 0.717) is 12.7 Å². The van der Waals surface area contributed by atoms with Crippen molar-refractivity contribution in [3.8, 4) is 0 Å². The molecule has 120 valence electrons. The molecule has 24 heavy (non-hydrogen) atoms. The molecular weight excluding hydrogens is 421 g/mol. The number of hydrogen-bond acceptors (Lipinski definition) is 9. The zero-order valence-corrected chi connectivity index (χ0v) is 16.5. The normalized spacial score (nSPS) is 23.8. The summed E-state index contributed by atoms with van der Waals surface area (Å²) in [4.78, 5) is 38.9. The van der Waals surface area contributed by atoms with Crippen LogP contribution < -0.4 is 0 Å². The highest BCUT2D eigenvalue weighted by atomic mass is 32.2. The molecule has 0 radical (unpaired) electrons. The zero-order chi connectivity index (χ0) is 16.7. The molecule has 0 N–H and O–H groups in total. The van der Waals surface area contributed by atoms with Crippen molar-refractivity contribution in [3.05, 3.63) is 61.9 Å². The van der Waals surface area contributed by atoms with Crippen LogP contribution in [0.4, 0.5) is 0 Å². The second kappa shape index (κ2) is 7.05. The summed E-state index contributed by atoms with van der Waals surface area (Å²) in [5.74, 6) is -1.35. The van der Waals surface area contributed by atoms with Crippen molar-refractivity contribution in [2.45, 2.75) is 0 Å². The smallest absolute Gasteiger partial charge is 0.204 e. The molecule has 0 amide bonds. The van der Waals surface area contributed by atoms with Gasteiger partial charge in [0.05, 0.1) is 29.4 Å². The van der Waals surface area contributed by atoms with Crippen molar-refractivity contribution in [2.75, 3.05) is 0 Å². The van der Waals surface area contributed by atoms with Gasteiger partial charge in [0.2, 0.25) is 17.3 Å². The minimum absolute atomic E-state index is 0.126. The van der Waals surface area contributed by atoms with E-state index in [4.69, 9.17) is 0 Å². The quantitative estimate of drug-likeness (QED) is 0.384. The topological polar surface area (TPSA) is 51.2 Å². The average molecular weight is 427 g/mol. The van der Waals surface area contributed by atoms with E-state index in [-0.39, 0.29) is 16.7 Å². The predicted molar refractivity (Wildman–Crippen MR) is 109 cm³/mol. The Balaban J connectivity index is 1.91. The first-order chi connectivity index (χ1) is 11.7. The minimum atomic E-state index is -0.451.